The third-order valence-electron chi connectivity index (χ3n) is 2.96. The zero-order valence-electron chi connectivity index (χ0n) is 10.8. The Hall–Kier alpha value is -1.09. The molecule has 3 nitrogen and oxygen atoms in total. The predicted molar refractivity (Wildman–Crippen MR) is 69.6 cm³/mol. The SMILES string of the molecule is CCC(C)CN(C)c1ccc([C@H](C)N)nc1. The molecule has 3 heteroatoms. The summed E-state index contributed by atoms with van der Waals surface area (Å²) >= 11 is 0. The van der Waals surface area contributed by atoms with Crippen LogP contribution in [-0.4, -0.2) is 18.6 Å². The Labute approximate surface area is 98.7 Å². The van der Waals surface area contributed by atoms with Crippen molar-refractivity contribution in [3.8, 4) is 0 Å². The van der Waals surface area contributed by atoms with Crippen LogP contribution in [0.25, 0.3) is 0 Å². The zero-order valence-corrected chi connectivity index (χ0v) is 10.8. The lowest BCUT2D eigenvalue weighted by Crippen LogP contribution is -2.23. The quantitative estimate of drug-likeness (QED) is 0.831. The van der Waals surface area contributed by atoms with Crippen LogP contribution >= 0.6 is 0 Å². The Bertz CT molecular complexity index is 305. The van der Waals surface area contributed by atoms with Gasteiger partial charge in [-0.3, -0.25) is 4.98 Å². The first-order valence-corrected chi connectivity index (χ1v) is 5.97. The van der Waals surface area contributed by atoms with Gasteiger partial charge in [-0.1, -0.05) is 20.3 Å². The van der Waals surface area contributed by atoms with Crippen molar-refractivity contribution in [2.75, 3.05) is 18.5 Å². The normalized spacial score (nSPS) is 14.6. The van der Waals surface area contributed by atoms with E-state index in [1.54, 1.807) is 0 Å². The number of hydrogen-bond acceptors (Lipinski definition) is 3. The van der Waals surface area contributed by atoms with E-state index in [-0.39, 0.29) is 6.04 Å². The number of nitrogens with zero attached hydrogens (tertiary/aromatic N) is 2. The van der Waals surface area contributed by atoms with E-state index < -0.39 is 0 Å². The fourth-order valence-corrected chi connectivity index (χ4v) is 1.59. The average molecular weight is 221 g/mol. The van der Waals surface area contributed by atoms with Gasteiger partial charge in [-0.15, -0.1) is 0 Å². The van der Waals surface area contributed by atoms with Crippen LogP contribution in [0.5, 0.6) is 0 Å². The molecule has 1 heterocycles. The minimum absolute atomic E-state index is 0.00826. The molecule has 90 valence electrons. The number of pyridine rings is 1. The Kier molecular flexibility index (Phi) is 4.74. The molecule has 1 aromatic heterocycles. The number of aromatic nitrogens is 1. The molecule has 1 aromatic rings. The average Bonchev–Trinajstić information content (AvgIpc) is 2.28. The van der Waals surface area contributed by atoms with Crippen molar-refractivity contribution in [3.05, 3.63) is 24.0 Å². The van der Waals surface area contributed by atoms with E-state index in [0.29, 0.717) is 5.92 Å². The van der Waals surface area contributed by atoms with Crippen molar-refractivity contribution in [1.82, 2.24) is 4.98 Å². The fourth-order valence-electron chi connectivity index (χ4n) is 1.59. The van der Waals surface area contributed by atoms with Gasteiger partial charge in [0.1, 0.15) is 0 Å². The molecular weight excluding hydrogens is 198 g/mol. The summed E-state index contributed by atoms with van der Waals surface area (Å²) in [6.07, 6.45) is 3.11. The van der Waals surface area contributed by atoms with Crippen LogP contribution in [0.4, 0.5) is 5.69 Å². The van der Waals surface area contributed by atoms with Gasteiger partial charge in [0.2, 0.25) is 0 Å². The van der Waals surface area contributed by atoms with Gasteiger partial charge < -0.3 is 10.6 Å². The summed E-state index contributed by atoms with van der Waals surface area (Å²) in [5.74, 6) is 0.707. The van der Waals surface area contributed by atoms with Gasteiger partial charge in [0, 0.05) is 19.6 Å². The number of rotatable bonds is 5. The van der Waals surface area contributed by atoms with Crippen LogP contribution in [0.15, 0.2) is 18.3 Å². The van der Waals surface area contributed by atoms with Gasteiger partial charge in [-0.2, -0.15) is 0 Å². The van der Waals surface area contributed by atoms with Gasteiger partial charge >= 0.3 is 0 Å². The lowest BCUT2D eigenvalue weighted by atomic mass is 10.1. The van der Waals surface area contributed by atoms with E-state index in [0.717, 1.165) is 17.9 Å². The number of hydrogen-bond donors (Lipinski definition) is 1. The molecule has 0 aliphatic carbocycles. The second-order valence-electron chi connectivity index (χ2n) is 4.62. The molecule has 0 aromatic carbocycles. The van der Waals surface area contributed by atoms with Crippen molar-refractivity contribution in [2.24, 2.45) is 11.7 Å². The maximum atomic E-state index is 5.77. The smallest absolute Gasteiger partial charge is 0.0569 e. The van der Waals surface area contributed by atoms with Crippen molar-refractivity contribution < 1.29 is 0 Å². The first kappa shape index (κ1) is 13.0. The molecule has 0 saturated heterocycles. The second-order valence-corrected chi connectivity index (χ2v) is 4.62. The minimum atomic E-state index is 0.00826. The molecule has 0 fully saturated rings. The molecule has 0 radical (unpaired) electrons. The van der Waals surface area contributed by atoms with Crippen molar-refractivity contribution in [2.45, 2.75) is 33.2 Å². The molecule has 2 atom stereocenters. The number of nitrogens with two attached hydrogens (primary N) is 1. The largest absolute Gasteiger partial charge is 0.373 e. The molecule has 0 bridgehead atoms. The van der Waals surface area contributed by atoms with Crippen molar-refractivity contribution in [1.29, 1.82) is 0 Å². The lowest BCUT2D eigenvalue weighted by molar-refractivity contribution is 0.559. The first-order chi connectivity index (χ1) is 7.54. The van der Waals surface area contributed by atoms with E-state index in [1.165, 1.54) is 6.42 Å². The standard InChI is InChI=1S/C13H23N3/c1-5-10(2)9-16(4)12-6-7-13(11(3)14)15-8-12/h6-8,10-11H,5,9,14H2,1-4H3/t10?,11-/m0/s1. The third kappa shape index (κ3) is 3.49. The van der Waals surface area contributed by atoms with Crippen LogP contribution in [0.2, 0.25) is 0 Å². The Balaban J connectivity index is 2.66. The summed E-state index contributed by atoms with van der Waals surface area (Å²) in [5, 5.41) is 0. The monoisotopic (exact) mass is 221 g/mol. The lowest BCUT2D eigenvalue weighted by Gasteiger charge is -2.22. The minimum Gasteiger partial charge on any atom is -0.373 e. The third-order valence-corrected chi connectivity index (χ3v) is 2.96. The summed E-state index contributed by atoms with van der Waals surface area (Å²) in [5.41, 5.74) is 7.87. The molecule has 0 aliphatic heterocycles. The zero-order chi connectivity index (χ0) is 12.1. The van der Waals surface area contributed by atoms with E-state index in [1.807, 2.05) is 19.2 Å². The van der Waals surface area contributed by atoms with Gasteiger partial charge in [0.15, 0.2) is 0 Å². The molecule has 0 saturated carbocycles. The van der Waals surface area contributed by atoms with Crippen LogP contribution in [0.3, 0.4) is 0 Å². The molecule has 0 aliphatic rings. The second kappa shape index (κ2) is 5.85. The summed E-state index contributed by atoms with van der Waals surface area (Å²) in [7, 11) is 2.11. The Morgan fingerprint density at radius 1 is 1.38 bits per heavy atom. The first-order valence-electron chi connectivity index (χ1n) is 5.97. The molecule has 1 rings (SSSR count). The van der Waals surface area contributed by atoms with Crippen molar-refractivity contribution in [3.63, 3.8) is 0 Å². The molecule has 16 heavy (non-hydrogen) atoms. The van der Waals surface area contributed by atoms with Crippen LogP contribution in [0.1, 0.15) is 38.9 Å². The van der Waals surface area contributed by atoms with Gasteiger partial charge in [0.25, 0.3) is 0 Å². The van der Waals surface area contributed by atoms with E-state index >= 15 is 0 Å². The van der Waals surface area contributed by atoms with E-state index in [2.05, 4.69) is 36.8 Å². The summed E-state index contributed by atoms with van der Waals surface area (Å²) in [6, 6.07) is 4.11. The topological polar surface area (TPSA) is 42.1 Å². The summed E-state index contributed by atoms with van der Waals surface area (Å²) in [6.45, 7) is 7.50. The number of anilines is 1. The fraction of sp³-hybridized carbons (Fsp3) is 0.615. The highest BCUT2D eigenvalue weighted by atomic mass is 15.1. The molecular formula is C13H23N3. The highest BCUT2D eigenvalue weighted by Gasteiger charge is 2.07. The van der Waals surface area contributed by atoms with Crippen LogP contribution in [0, 0.1) is 5.92 Å². The van der Waals surface area contributed by atoms with E-state index in [4.69, 9.17) is 5.73 Å². The van der Waals surface area contributed by atoms with Crippen LogP contribution < -0.4 is 10.6 Å². The van der Waals surface area contributed by atoms with Gasteiger partial charge in [-0.25, -0.2) is 0 Å². The highest BCUT2D eigenvalue weighted by molar-refractivity contribution is 5.43. The molecule has 0 spiro atoms. The Morgan fingerprint density at radius 3 is 2.50 bits per heavy atom. The Morgan fingerprint density at radius 2 is 2.06 bits per heavy atom. The molecule has 2 N–H and O–H groups in total. The van der Waals surface area contributed by atoms with Crippen LogP contribution in [-0.2, 0) is 0 Å². The van der Waals surface area contributed by atoms with Gasteiger partial charge in [-0.05, 0) is 25.0 Å². The van der Waals surface area contributed by atoms with E-state index in [9.17, 15) is 0 Å². The van der Waals surface area contributed by atoms with Crippen molar-refractivity contribution >= 4 is 5.69 Å². The summed E-state index contributed by atoms with van der Waals surface area (Å²) in [4.78, 5) is 6.61. The molecule has 1 unspecified atom stereocenters. The maximum absolute atomic E-state index is 5.77. The molecule has 0 amide bonds. The summed E-state index contributed by atoms with van der Waals surface area (Å²) < 4.78 is 0. The maximum Gasteiger partial charge on any atom is 0.0569 e. The van der Waals surface area contributed by atoms with Gasteiger partial charge in [0.05, 0.1) is 17.6 Å². The highest BCUT2D eigenvalue weighted by Crippen LogP contribution is 2.16. The predicted octanol–water partition coefficient (Wildman–Crippen LogP) is 2.58.